The summed E-state index contributed by atoms with van der Waals surface area (Å²) in [6.45, 7) is 3.99. The number of hydrogen-bond donors (Lipinski definition) is 0. The maximum Gasteiger partial charge on any atom is 0.203 e. The van der Waals surface area contributed by atoms with Crippen LogP contribution < -0.4 is 5.11 Å². The molecule has 3 nitrogen and oxygen atoms in total. The third kappa shape index (κ3) is 2.25. The quantitative estimate of drug-likeness (QED) is 0.683. The summed E-state index contributed by atoms with van der Waals surface area (Å²) in [5.74, 6) is -0.0739. The molecular weight excluding hydrogens is 224 g/mol. The molecule has 0 radical (unpaired) electrons. The molecule has 0 aliphatic carbocycles. The van der Waals surface area contributed by atoms with Gasteiger partial charge in [-0.05, 0) is 29.4 Å². The first kappa shape index (κ1) is 11.1. The predicted octanol–water partition coefficient (Wildman–Crippen LogP) is 1.63. The highest BCUT2D eigenvalue weighted by Gasteiger charge is 2.36. The molecule has 0 aromatic heterocycles. The van der Waals surface area contributed by atoms with E-state index < -0.39 is 0 Å². The minimum atomic E-state index is -0.239. The third-order valence-electron chi connectivity index (χ3n) is 2.56. The Morgan fingerprint density at radius 2 is 2.00 bits per heavy atom. The Kier molecular flexibility index (Phi) is 2.72. The summed E-state index contributed by atoms with van der Waals surface area (Å²) < 4.78 is 1.72. The largest absolute Gasteiger partial charge is 0.857 e. The van der Waals surface area contributed by atoms with E-state index in [0.29, 0.717) is 11.4 Å². The normalized spacial score (nSPS) is 21.2. The van der Waals surface area contributed by atoms with Crippen molar-refractivity contribution in [3.8, 4) is 0 Å². The lowest BCUT2D eigenvalue weighted by molar-refractivity contribution is -0.591. The molecule has 2 rings (SSSR count). The van der Waals surface area contributed by atoms with Crippen LogP contribution in [0.5, 0.6) is 0 Å². The minimum absolute atomic E-state index is 0.0739. The van der Waals surface area contributed by atoms with Gasteiger partial charge in [-0.15, -0.1) is 0 Å². The SMILES string of the molecule is CC1(C)CC([O-])=N[N+]1=Cc1ccc(Cl)cc1. The molecule has 1 heterocycles. The van der Waals surface area contributed by atoms with Gasteiger partial charge in [0.1, 0.15) is 0 Å². The van der Waals surface area contributed by atoms with Crippen molar-refractivity contribution in [2.75, 3.05) is 0 Å². The zero-order valence-corrected chi connectivity index (χ0v) is 10.0. The van der Waals surface area contributed by atoms with Gasteiger partial charge in [0.05, 0.1) is 0 Å². The van der Waals surface area contributed by atoms with Gasteiger partial charge in [0, 0.05) is 36.8 Å². The molecule has 1 aliphatic heterocycles. The molecule has 1 aromatic carbocycles. The van der Waals surface area contributed by atoms with Gasteiger partial charge in [-0.2, -0.15) is 0 Å². The summed E-state index contributed by atoms with van der Waals surface area (Å²) in [7, 11) is 0. The number of nitrogens with zero attached hydrogens (tertiary/aromatic N) is 2. The van der Waals surface area contributed by atoms with Crippen molar-refractivity contribution in [1.82, 2.24) is 0 Å². The summed E-state index contributed by atoms with van der Waals surface area (Å²) in [4.78, 5) is 0. The maximum atomic E-state index is 11.3. The van der Waals surface area contributed by atoms with Crippen LogP contribution in [0, 0.1) is 0 Å². The molecule has 0 saturated heterocycles. The zero-order valence-electron chi connectivity index (χ0n) is 9.27. The topological polar surface area (TPSA) is 38.4 Å². The Hall–Kier alpha value is -1.35. The highest BCUT2D eigenvalue weighted by Crippen LogP contribution is 2.20. The van der Waals surface area contributed by atoms with Crippen molar-refractivity contribution in [3.63, 3.8) is 0 Å². The smallest absolute Gasteiger partial charge is 0.203 e. The van der Waals surface area contributed by atoms with E-state index in [0.717, 1.165) is 5.56 Å². The molecule has 0 bridgehead atoms. The lowest BCUT2D eigenvalue weighted by Crippen LogP contribution is -2.31. The van der Waals surface area contributed by atoms with E-state index in [2.05, 4.69) is 5.10 Å². The van der Waals surface area contributed by atoms with E-state index in [1.807, 2.05) is 44.3 Å². The van der Waals surface area contributed by atoms with Gasteiger partial charge < -0.3 is 5.11 Å². The van der Waals surface area contributed by atoms with E-state index >= 15 is 0 Å². The Balaban J connectivity index is 2.34. The number of hydrazone groups is 1. The van der Waals surface area contributed by atoms with Crippen LogP contribution in [0.25, 0.3) is 0 Å². The highest BCUT2D eigenvalue weighted by molar-refractivity contribution is 6.30. The number of hydrogen-bond acceptors (Lipinski definition) is 2. The Bertz CT molecular complexity index is 460. The van der Waals surface area contributed by atoms with E-state index in [1.165, 1.54) is 0 Å². The summed E-state index contributed by atoms with van der Waals surface area (Å²) in [5.41, 5.74) is 0.743. The monoisotopic (exact) mass is 236 g/mol. The summed E-state index contributed by atoms with van der Waals surface area (Å²) >= 11 is 5.80. The first-order valence-corrected chi connectivity index (χ1v) is 5.49. The second-order valence-electron chi connectivity index (χ2n) is 4.51. The van der Waals surface area contributed by atoms with Gasteiger partial charge in [-0.25, -0.2) is 0 Å². The number of halogens is 1. The lowest BCUT2D eigenvalue weighted by atomic mass is 10.0. The standard InChI is InChI=1S/C12H13ClN2O/c1-12(2)7-11(16)14-15(12)8-9-3-5-10(13)6-4-9/h3-6,8H,7H2,1-2H3. The fourth-order valence-corrected chi connectivity index (χ4v) is 1.76. The summed E-state index contributed by atoms with van der Waals surface area (Å²) in [5, 5.41) is 15.9. The molecule has 4 heteroatoms. The first-order valence-electron chi connectivity index (χ1n) is 5.12. The third-order valence-corrected chi connectivity index (χ3v) is 2.82. The van der Waals surface area contributed by atoms with Gasteiger partial charge in [-0.3, -0.25) is 0 Å². The van der Waals surface area contributed by atoms with Crippen LogP contribution in [-0.4, -0.2) is 22.3 Å². The molecule has 0 unspecified atom stereocenters. The second kappa shape index (κ2) is 3.91. The van der Waals surface area contributed by atoms with Gasteiger partial charge in [-0.1, -0.05) is 16.3 Å². The Labute approximate surface area is 99.7 Å². The van der Waals surface area contributed by atoms with Gasteiger partial charge >= 0.3 is 0 Å². The molecule has 0 amide bonds. The molecule has 1 aromatic rings. The highest BCUT2D eigenvalue weighted by atomic mass is 35.5. The molecule has 0 atom stereocenters. The van der Waals surface area contributed by atoms with Crippen LogP contribution in [-0.2, 0) is 0 Å². The average molecular weight is 237 g/mol. The molecule has 0 fully saturated rings. The zero-order chi connectivity index (χ0) is 11.8. The summed E-state index contributed by atoms with van der Waals surface area (Å²) in [6, 6.07) is 7.43. The van der Waals surface area contributed by atoms with Crippen LogP contribution in [0.2, 0.25) is 5.02 Å². The van der Waals surface area contributed by atoms with Crippen molar-refractivity contribution in [2.45, 2.75) is 25.8 Å². The molecule has 84 valence electrons. The molecule has 0 N–H and O–H groups in total. The minimum Gasteiger partial charge on any atom is -0.857 e. The fraction of sp³-hybridized carbons (Fsp3) is 0.333. The maximum absolute atomic E-state index is 11.3. The second-order valence-corrected chi connectivity index (χ2v) is 4.94. The molecule has 1 aliphatic rings. The Morgan fingerprint density at radius 3 is 2.50 bits per heavy atom. The molecular formula is C12H13ClN2O. The predicted molar refractivity (Wildman–Crippen MR) is 63.0 cm³/mol. The number of benzene rings is 1. The van der Waals surface area contributed by atoms with Gasteiger partial charge in [0.2, 0.25) is 6.21 Å². The van der Waals surface area contributed by atoms with E-state index in [-0.39, 0.29) is 11.4 Å². The van der Waals surface area contributed by atoms with Crippen molar-refractivity contribution in [3.05, 3.63) is 34.9 Å². The van der Waals surface area contributed by atoms with Gasteiger partial charge in [0.25, 0.3) is 0 Å². The van der Waals surface area contributed by atoms with Crippen LogP contribution in [0.3, 0.4) is 0 Å². The van der Waals surface area contributed by atoms with Crippen molar-refractivity contribution >= 4 is 23.7 Å². The number of rotatable bonds is 1. The molecule has 0 spiro atoms. The van der Waals surface area contributed by atoms with E-state index in [9.17, 15) is 5.11 Å². The van der Waals surface area contributed by atoms with Crippen molar-refractivity contribution in [2.24, 2.45) is 5.10 Å². The van der Waals surface area contributed by atoms with Crippen LogP contribution in [0.4, 0.5) is 0 Å². The van der Waals surface area contributed by atoms with Crippen molar-refractivity contribution < 1.29 is 9.79 Å². The molecule has 0 saturated carbocycles. The summed E-state index contributed by atoms with van der Waals surface area (Å²) in [6.07, 6.45) is 2.32. The first-order chi connectivity index (χ1) is 7.47. The van der Waals surface area contributed by atoms with Crippen LogP contribution in [0.1, 0.15) is 25.8 Å². The van der Waals surface area contributed by atoms with Crippen LogP contribution in [0.15, 0.2) is 29.4 Å². The van der Waals surface area contributed by atoms with Gasteiger partial charge in [0.15, 0.2) is 5.54 Å². The lowest BCUT2D eigenvalue weighted by Gasteiger charge is -2.11. The Morgan fingerprint density at radius 1 is 1.38 bits per heavy atom. The van der Waals surface area contributed by atoms with Crippen LogP contribution >= 0.6 is 11.6 Å². The van der Waals surface area contributed by atoms with E-state index in [1.54, 1.807) is 4.68 Å². The fourth-order valence-electron chi connectivity index (χ4n) is 1.64. The van der Waals surface area contributed by atoms with E-state index in [4.69, 9.17) is 11.6 Å². The van der Waals surface area contributed by atoms with Crippen molar-refractivity contribution in [1.29, 1.82) is 0 Å². The average Bonchev–Trinajstić information content (AvgIpc) is 2.43. The molecule has 16 heavy (non-hydrogen) atoms.